The molecule has 3 nitrogen and oxygen atoms in total. The Hall–Kier alpha value is -1.17. The number of hydrogen-bond donors (Lipinski definition) is 1. The van der Waals surface area contributed by atoms with Crippen molar-refractivity contribution in [3.8, 4) is 10.4 Å². The van der Waals surface area contributed by atoms with Crippen LogP contribution in [0.15, 0.2) is 47.3 Å². The largest absolute Gasteiger partial charge is 0.264 e. The first-order chi connectivity index (χ1) is 8.33. The first-order valence-corrected chi connectivity index (χ1v) is 6.73. The molecule has 0 fully saturated rings. The lowest BCUT2D eigenvalue weighted by molar-refractivity contribution is 0.0477. The molecule has 1 unspecified atom stereocenters. The normalized spacial score (nSPS) is 18.9. The van der Waals surface area contributed by atoms with Gasteiger partial charge in [0.2, 0.25) is 0 Å². The third-order valence-corrected chi connectivity index (χ3v) is 4.06. The van der Waals surface area contributed by atoms with Gasteiger partial charge in [0.1, 0.15) is 10.7 Å². The highest BCUT2D eigenvalue weighted by molar-refractivity contribution is 9.11. The minimum absolute atomic E-state index is 0.0141. The average Bonchev–Trinajstić information content (AvgIpc) is 2.98. The van der Waals surface area contributed by atoms with Crippen molar-refractivity contribution in [2.75, 3.05) is 0 Å². The van der Waals surface area contributed by atoms with Crippen molar-refractivity contribution in [1.29, 1.82) is 0 Å². The second kappa shape index (κ2) is 4.60. The second-order valence-corrected chi connectivity index (χ2v) is 5.57. The summed E-state index contributed by atoms with van der Waals surface area (Å²) >= 11 is 5.06. The summed E-state index contributed by atoms with van der Waals surface area (Å²) in [7, 11) is 0. The summed E-state index contributed by atoms with van der Waals surface area (Å²) in [4.78, 5) is 11.9. The number of pyridine rings is 1. The van der Waals surface area contributed by atoms with Gasteiger partial charge in [0.05, 0.1) is 0 Å². The zero-order chi connectivity index (χ0) is 11.7. The van der Waals surface area contributed by atoms with Crippen LogP contribution < -0.4 is 5.48 Å². The molecule has 17 heavy (non-hydrogen) atoms. The maximum atomic E-state index is 5.41. The lowest BCUT2D eigenvalue weighted by Gasteiger charge is -2.03. The van der Waals surface area contributed by atoms with E-state index in [0.29, 0.717) is 0 Å². The lowest BCUT2D eigenvalue weighted by atomic mass is 10.2. The molecular formula is C12H9BrN2OS. The Morgan fingerprint density at radius 2 is 2.29 bits per heavy atom. The molecule has 2 aromatic heterocycles. The Labute approximate surface area is 111 Å². The van der Waals surface area contributed by atoms with E-state index in [1.165, 1.54) is 9.75 Å². The van der Waals surface area contributed by atoms with Crippen molar-refractivity contribution in [1.82, 2.24) is 10.5 Å². The molecule has 0 saturated carbocycles. The SMILES string of the molecule is BrC1=CC(c2ccc(-c3cccnc3)s2)ON1. The Kier molecular flexibility index (Phi) is 2.96. The first-order valence-electron chi connectivity index (χ1n) is 5.12. The Bertz CT molecular complexity index is 553. The third kappa shape index (κ3) is 2.26. The third-order valence-electron chi connectivity index (χ3n) is 2.43. The highest BCUT2D eigenvalue weighted by atomic mass is 79.9. The van der Waals surface area contributed by atoms with Gasteiger partial charge in [-0.15, -0.1) is 11.3 Å². The molecule has 1 atom stereocenters. The second-order valence-electron chi connectivity index (χ2n) is 3.60. The van der Waals surface area contributed by atoms with E-state index in [1.807, 2.05) is 18.3 Å². The van der Waals surface area contributed by atoms with Crippen LogP contribution in [0.3, 0.4) is 0 Å². The van der Waals surface area contributed by atoms with Gasteiger partial charge in [0, 0.05) is 27.7 Å². The number of thiophene rings is 1. The van der Waals surface area contributed by atoms with Crippen LogP contribution in [0.5, 0.6) is 0 Å². The van der Waals surface area contributed by atoms with E-state index in [4.69, 9.17) is 4.84 Å². The molecule has 1 aliphatic rings. The highest BCUT2D eigenvalue weighted by Gasteiger charge is 2.18. The fourth-order valence-corrected chi connectivity index (χ4v) is 2.96. The van der Waals surface area contributed by atoms with E-state index >= 15 is 0 Å². The summed E-state index contributed by atoms with van der Waals surface area (Å²) in [6.45, 7) is 0. The van der Waals surface area contributed by atoms with E-state index in [1.54, 1.807) is 17.5 Å². The van der Waals surface area contributed by atoms with E-state index in [0.717, 1.165) is 10.2 Å². The molecule has 2 aromatic rings. The van der Waals surface area contributed by atoms with Gasteiger partial charge in [0.15, 0.2) is 0 Å². The number of nitrogens with zero attached hydrogens (tertiary/aromatic N) is 1. The number of rotatable bonds is 2. The lowest BCUT2D eigenvalue weighted by Crippen LogP contribution is -2.03. The molecule has 3 heterocycles. The van der Waals surface area contributed by atoms with Gasteiger partial charge in [-0.05, 0) is 40.2 Å². The van der Waals surface area contributed by atoms with Crippen molar-refractivity contribution >= 4 is 27.3 Å². The fourth-order valence-electron chi connectivity index (χ4n) is 1.63. The van der Waals surface area contributed by atoms with Gasteiger partial charge in [-0.3, -0.25) is 15.3 Å². The minimum Gasteiger partial charge on any atom is -0.264 e. The van der Waals surface area contributed by atoms with Crippen LogP contribution >= 0.6 is 27.3 Å². The Morgan fingerprint density at radius 1 is 1.35 bits per heavy atom. The van der Waals surface area contributed by atoms with Crippen molar-refractivity contribution in [2.24, 2.45) is 0 Å². The smallest absolute Gasteiger partial charge is 0.141 e. The summed E-state index contributed by atoms with van der Waals surface area (Å²) < 4.78 is 0.874. The van der Waals surface area contributed by atoms with E-state index in [-0.39, 0.29) is 6.10 Å². The van der Waals surface area contributed by atoms with E-state index in [9.17, 15) is 0 Å². The quantitative estimate of drug-likeness (QED) is 0.860. The van der Waals surface area contributed by atoms with Crippen LogP contribution in [0, 0.1) is 0 Å². The predicted molar refractivity (Wildman–Crippen MR) is 71.5 cm³/mol. The number of halogens is 1. The van der Waals surface area contributed by atoms with Gasteiger partial charge in [-0.2, -0.15) is 0 Å². The van der Waals surface area contributed by atoms with Crippen LogP contribution in [-0.2, 0) is 4.84 Å². The van der Waals surface area contributed by atoms with Crippen LogP contribution in [-0.4, -0.2) is 4.98 Å². The summed E-state index contributed by atoms with van der Waals surface area (Å²) in [5.41, 5.74) is 3.93. The predicted octanol–water partition coefficient (Wildman–Crippen LogP) is 3.62. The molecule has 5 heteroatoms. The minimum atomic E-state index is -0.0141. The molecule has 0 aromatic carbocycles. The van der Waals surface area contributed by atoms with Crippen molar-refractivity contribution in [3.63, 3.8) is 0 Å². The molecule has 86 valence electrons. The number of nitrogens with one attached hydrogen (secondary N) is 1. The maximum absolute atomic E-state index is 5.41. The molecular weight excluding hydrogens is 300 g/mol. The van der Waals surface area contributed by atoms with Gasteiger partial charge in [-0.25, -0.2) is 0 Å². The molecule has 0 radical (unpaired) electrons. The van der Waals surface area contributed by atoms with Gasteiger partial charge < -0.3 is 0 Å². The molecule has 1 aliphatic heterocycles. The molecule has 0 bridgehead atoms. The number of hydroxylamine groups is 1. The van der Waals surface area contributed by atoms with Crippen LogP contribution in [0.1, 0.15) is 11.0 Å². The molecule has 0 aliphatic carbocycles. The molecule has 3 rings (SSSR count). The highest BCUT2D eigenvalue weighted by Crippen LogP contribution is 2.35. The summed E-state index contributed by atoms with van der Waals surface area (Å²) in [6, 6.07) is 8.18. The van der Waals surface area contributed by atoms with Gasteiger partial charge in [0.25, 0.3) is 0 Å². The van der Waals surface area contributed by atoms with Gasteiger partial charge >= 0.3 is 0 Å². The Balaban J connectivity index is 1.89. The van der Waals surface area contributed by atoms with E-state index < -0.39 is 0 Å². The molecule has 0 saturated heterocycles. The summed E-state index contributed by atoms with van der Waals surface area (Å²) in [6.07, 6.45) is 5.63. The van der Waals surface area contributed by atoms with Crippen LogP contribution in [0.4, 0.5) is 0 Å². The molecule has 0 spiro atoms. The number of hydrogen-bond acceptors (Lipinski definition) is 4. The monoisotopic (exact) mass is 308 g/mol. The number of aromatic nitrogens is 1. The van der Waals surface area contributed by atoms with Crippen molar-refractivity contribution in [3.05, 3.63) is 52.2 Å². The molecule has 1 N–H and O–H groups in total. The topological polar surface area (TPSA) is 34.1 Å². The average molecular weight is 309 g/mol. The van der Waals surface area contributed by atoms with Crippen LogP contribution in [0.2, 0.25) is 0 Å². The van der Waals surface area contributed by atoms with E-state index in [2.05, 4.69) is 44.6 Å². The van der Waals surface area contributed by atoms with Crippen molar-refractivity contribution < 1.29 is 4.84 Å². The standard InChI is InChI=1S/C12H9BrN2OS/c13-12-6-9(16-15-12)11-4-3-10(17-11)8-2-1-5-14-7-8/h1-7,9,15H. The first kappa shape index (κ1) is 11.0. The summed E-state index contributed by atoms with van der Waals surface area (Å²) in [5, 5.41) is 0. The Morgan fingerprint density at radius 3 is 3.00 bits per heavy atom. The van der Waals surface area contributed by atoms with Crippen LogP contribution in [0.25, 0.3) is 10.4 Å². The van der Waals surface area contributed by atoms with Crippen molar-refractivity contribution in [2.45, 2.75) is 6.10 Å². The van der Waals surface area contributed by atoms with Gasteiger partial charge in [-0.1, -0.05) is 6.07 Å². The zero-order valence-corrected chi connectivity index (χ0v) is 11.2. The molecule has 0 amide bonds. The summed E-state index contributed by atoms with van der Waals surface area (Å²) in [5.74, 6) is 0. The maximum Gasteiger partial charge on any atom is 0.141 e. The zero-order valence-electron chi connectivity index (χ0n) is 8.76. The fraction of sp³-hybridized carbons (Fsp3) is 0.0833.